The second-order valence-electron chi connectivity index (χ2n) is 6.00. The molecule has 6 nitrogen and oxygen atoms in total. The third kappa shape index (κ3) is 3.10. The summed E-state index contributed by atoms with van der Waals surface area (Å²) >= 11 is 0. The van der Waals surface area contributed by atoms with Crippen molar-refractivity contribution in [2.75, 3.05) is 0 Å². The molecule has 0 unspecified atom stereocenters. The molecule has 1 aromatic carbocycles. The van der Waals surface area contributed by atoms with Gasteiger partial charge < -0.3 is 4.74 Å². The molecule has 0 aliphatic heterocycles. The van der Waals surface area contributed by atoms with Crippen LogP contribution in [0.1, 0.15) is 16.7 Å². The van der Waals surface area contributed by atoms with Crippen LogP contribution in [0.2, 0.25) is 0 Å². The van der Waals surface area contributed by atoms with Gasteiger partial charge in [-0.1, -0.05) is 6.07 Å². The number of hydrogen-bond donors (Lipinski definition) is 1. The van der Waals surface area contributed by atoms with Crippen molar-refractivity contribution >= 4 is 0 Å². The van der Waals surface area contributed by atoms with Crippen molar-refractivity contribution in [2.24, 2.45) is 7.05 Å². The summed E-state index contributed by atoms with van der Waals surface area (Å²) in [5.41, 5.74) is 2.95. The monoisotopic (exact) mass is 337 g/mol. The van der Waals surface area contributed by atoms with Gasteiger partial charge in [-0.2, -0.15) is 0 Å². The molecule has 0 amide bonds. The van der Waals surface area contributed by atoms with Gasteiger partial charge in [-0.25, -0.2) is 9.78 Å². The van der Waals surface area contributed by atoms with Crippen LogP contribution in [0.5, 0.6) is 11.6 Å². The van der Waals surface area contributed by atoms with E-state index in [1.807, 2.05) is 44.2 Å². The summed E-state index contributed by atoms with van der Waals surface area (Å²) in [6.45, 7) is 5.55. The van der Waals surface area contributed by atoms with Crippen LogP contribution in [0.3, 0.4) is 0 Å². The van der Waals surface area contributed by atoms with E-state index in [4.69, 9.17) is 4.74 Å². The second kappa shape index (κ2) is 6.39. The van der Waals surface area contributed by atoms with E-state index >= 15 is 0 Å². The highest BCUT2D eigenvalue weighted by atomic mass is 16.5. The number of H-pyrrole nitrogens is 1. The van der Waals surface area contributed by atoms with Gasteiger partial charge in [-0.05, 0) is 50.6 Å². The second-order valence-corrected chi connectivity index (χ2v) is 6.00. The SMILES string of the molecule is Cc1cc(Oc2ncccc2C)ccc1-c1c(C)c(=O)[nH]c(=O)n1C. The topological polar surface area (TPSA) is 77.0 Å². The quantitative estimate of drug-likeness (QED) is 0.797. The maximum Gasteiger partial charge on any atom is 0.328 e. The molecule has 0 radical (unpaired) electrons. The Morgan fingerprint density at radius 1 is 1.08 bits per heavy atom. The lowest BCUT2D eigenvalue weighted by Crippen LogP contribution is -2.31. The van der Waals surface area contributed by atoms with Crippen molar-refractivity contribution < 1.29 is 4.74 Å². The molecule has 2 aromatic heterocycles. The van der Waals surface area contributed by atoms with Gasteiger partial charge in [0, 0.05) is 29.9 Å². The van der Waals surface area contributed by atoms with Crippen LogP contribution in [-0.4, -0.2) is 14.5 Å². The summed E-state index contributed by atoms with van der Waals surface area (Å²) in [5, 5.41) is 0. The molecule has 2 heterocycles. The molecular weight excluding hydrogens is 318 g/mol. The Hall–Kier alpha value is -3.15. The van der Waals surface area contributed by atoms with Crippen LogP contribution in [-0.2, 0) is 7.05 Å². The molecule has 3 aromatic rings. The van der Waals surface area contributed by atoms with Gasteiger partial charge in [0.1, 0.15) is 5.75 Å². The predicted octanol–water partition coefficient (Wildman–Crippen LogP) is 2.85. The molecule has 0 saturated carbocycles. The van der Waals surface area contributed by atoms with Gasteiger partial charge in [0.2, 0.25) is 5.88 Å². The van der Waals surface area contributed by atoms with Crippen LogP contribution in [0.15, 0.2) is 46.1 Å². The molecule has 6 heteroatoms. The van der Waals surface area contributed by atoms with Gasteiger partial charge >= 0.3 is 5.69 Å². The Morgan fingerprint density at radius 2 is 1.84 bits per heavy atom. The third-order valence-corrected chi connectivity index (χ3v) is 4.19. The molecule has 0 aliphatic rings. The largest absolute Gasteiger partial charge is 0.439 e. The van der Waals surface area contributed by atoms with Crippen LogP contribution >= 0.6 is 0 Å². The molecule has 0 atom stereocenters. The highest BCUT2D eigenvalue weighted by molar-refractivity contribution is 5.67. The number of aryl methyl sites for hydroxylation is 2. The van der Waals surface area contributed by atoms with Crippen LogP contribution in [0.4, 0.5) is 0 Å². The molecule has 0 bridgehead atoms. The summed E-state index contributed by atoms with van der Waals surface area (Å²) in [6, 6.07) is 9.31. The molecule has 0 aliphatic carbocycles. The van der Waals surface area contributed by atoms with Gasteiger partial charge in [-0.15, -0.1) is 0 Å². The normalized spacial score (nSPS) is 10.7. The van der Waals surface area contributed by atoms with Crippen molar-refractivity contribution in [1.29, 1.82) is 0 Å². The highest BCUT2D eigenvalue weighted by Gasteiger charge is 2.14. The molecule has 0 fully saturated rings. The smallest absolute Gasteiger partial charge is 0.328 e. The fourth-order valence-corrected chi connectivity index (χ4v) is 2.77. The van der Waals surface area contributed by atoms with Gasteiger partial charge in [0.15, 0.2) is 0 Å². The summed E-state index contributed by atoms with van der Waals surface area (Å²) in [4.78, 5) is 30.4. The van der Waals surface area contributed by atoms with Crippen molar-refractivity contribution in [1.82, 2.24) is 14.5 Å². The number of benzene rings is 1. The van der Waals surface area contributed by atoms with E-state index in [1.54, 1.807) is 20.2 Å². The number of aromatic amines is 1. The molecule has 0 spiro atoms. The minimum absolute atomic E-state index is 0.373. The van der Waals surface area contributed by atoms with Gasteiger partial charge in [-0.3, -0.25) is 14.3 Å². The first-order valence-electron chi connectivity index (χ1n) is 7.89. The zero-order chi connectivity index (χ0) is 18.1. The van der Waals surface area contributed by atoms with Crippen molar-refractivity contribution in [3.05, 3.63) is 74.1 Å². The van der Waals surface area contributed by atoms with E-state index in [9.17, 15) is 9.59 Å². The summed E-state index contributed by atoms with van der Waals surface area (Å²) in [5.74, 6) is 1.20. The Kier molecular flexibility index (Phi) is 4.27. The zero-order valence-corrected chi connectivity index (χ0v) is 14.6. The van der Waals surface area contributed by atoms with E-state index in [1.165, 1.54) is 4.57 Å². The molecule has 0 saturated heterocycles. The predicted molar refractivity (Wildman–Crippen MR) is 96.3 cm³/mol. The molecule has 128 valence electrons. The van der Waals surface area contributed by atoms with Crippen molar-refractivity contribution in [3.8, 4) is 22.9 Å². The maximum atomic E-state index is 11.9. The first-order chi connectivity index (χ1) is 11.9. The average molecular weight is 337 g/mol. The summed E-state index contributed by atoms with van der Waals surface area (Å²) in [6.07, 6.45) is 1.68. The Morgan fingerprint density at radius 3 is 2.52 bits per heavy atom. The first-order valence-corrected chi connectivity index (χ1v) is 7.89. The van der Waals surface area contributed by atoms with E-state index in [-0.39, 0.29) is 5.56 Å². The maximum absolute atomic E-state index is 11.9. The van der Waals surface area contributed by atoms with Crippen molar-refractivity contribution in [2.45, 2.75) is 20.8 Å². The summed E-state index contributed by atoms with van der Waals surface area (Å²) in [7, 11) is 1.64. The highest BCUT2D eigenvalue weighted by Crippen LogP contribution is 2.29. The number of aromatic nitrogens is 3. The summed E-state index contributed by atoms with van der Waals surface area (Å²) < 4.78 is 7.29. The van der Waals surface area contributed by atoms with Crippen LogP contribution in [0.25, 0.3) is 11.3 Å². The third-order valence-electron chi connectivity index (χ3n) is 4.19. The lowest BCUT2D eigenvalue weighted by Gasteiger charge is -2.14. The number of nitrogens with zero attached hydrogens (tertiary/aromatic N) is 2. The fraction of sp³-hybridized carbons (Fsp3) is 0.211. The van der Waals surface area contributed by atoms with E-state index < -0.39 is 5.69 Å². The Bertz CT molecular complexity index is 1030. The Balaban J connectivity index is 2.06. The fourth-order valence-electron chi connectivity index (χ4n) is 2.77. The van der Waals surface area contributed by atoms with E-state index in [0.29, 0.717) is 22.9 Å². The lowest BCUT2D eigenvalue weighted by atomic mass is 10.0. The molecule has 1 N–H and O–H groups in total. The van der Waals surface area contributed by atoms with E-state index in [2.05, 4.69) is 9.97 Å². The number of ether oxygens (including phenoxy) is 1. The minimum atomic E-state index is -0.436. The first kappa shape index (κ1) is 16.7. The standard InChI is InChI=1S/C19H19N3O3/c1-11-6-5-9-20-18(11)25-14-7-8-15(12(2)10-14)16-13(3)17(23)21-19(24)22(16)4/h5-10H,1-4H3,(H,21,23,24). The van der Waals surface area contributed by atoms with E-state index in [0.717, 1.165) is 16.7 Å². The Labute approximate surface area is 144 Å². The minimum Gasteiger partial charge on any atom is -0.439 e. The number of rotatable bonds is 3. The molecule has 25 heavy (non-hydrogen) atoms. The number of hydrogen-bond acceptors (Lipinski definition) is 4. The zero-order valence-electron chi connectivity index (χ0n) is 14.6. The number of nitrogens with one attached hydrogen (secondary N) is 1. The van der Waals surface area contributed by atoms with Gasteiger partial charge in [0.05, 0.1) is 5.69 Å². The van der Waals surface area contributed by atoms with Gasteiger partial charge in [0.25, 0.3) is 5.56 Å². The molecular formula is C19H19N3O3. The molecule has 3 rings (SSSR count). The van der Waals surface area contributed by atoms with Crippen LogP contribution < -0.4 is 16.0 Å². The average Bonchev–Trinajstić information content (AvgIpc) is 2.57. The lowest BCUT2D eigenvalue weighted by molar-refractivity contribution is 0.458. The van der Waals surface area contributed by atoms with Crippen LogP contribution in [0, 0.1) is 20.8 Å². The van der Waals surface area contributed by atoms with Crippen molar-refractivity contribution in [3.63, 3.8) is 0 Å². The number of pyridine rings is 1.